The van der Waals surface area contributed by atoms with Gasteiger partial charge in [0.05, 0.1) is 11.7 Å². The number of rotatable bonds is 3. The summed E-state index contributed by atoms with van der Waals surface area (Å²) in [7, 11) is 0. The lowest BCUT2D eigenvalue weighted by Gasteiger charge is -2.20. The van der Waals surface area contributed by atoms with Crippen LogP contribution in [0.5, 0.6) is 0 Å². The first-order chi connectivity index (χ1) is 7.69. The highest BCUT2D eigenvalue weighted by atomic mass is 15.3. The zero-order valence-electron chi connectivity index (χ0n) is 10.7. The summed E-state index contributed by atoms with van der Waals surface area (Å²) >= 11 is 0. The first-order valence-electron chi connectivity index (χ1n) is 6.43. The Morgan fingerprint density at radius 2 is 2.12 bits per heavy atom. The summed E-state index contributed by atoms with van der Waals surface area (Å²) in [6.07, 6.45) is 4.89. The molecule has 2 unspecified atom stereocenters. The maximum absolute atomic E-state index is 5.85. The molecular formula is C13H23N3. The van der Waals surface area contributed by atoms with Crippen molar-refractivity contribution < 1.29 is 0 Å². The fourth-order valence-corrected chi connectivity index (χ4v) is 3.15. The maximum atomic E-state index is 5.85. The van der Waals surface area contributed by atoms with Gasteiger partial charge in [0, 0.05) is 5.69 Å². The summed E-state index contributed by atoms with van der Waals surface area (Å²) in [5.74, 6) is 0.628. The summed E-state index contributed by atoms with van der Waals surface area (Å²) in [6.45, 7) is 7.32. The number of aryl methyl sites for hydroxylation is 1. The van der Waals surface area contributed by atoms with Crippen molar-refractivity contribution in [2.75, 3.05) is 6.54 Å². The van der Waals surface area contributed by atoms with Crippen LogP contribution in [0.15, 0.2) is 0 Å². The van der Waals surface area contributed by atoms with Crippen molar-refractivity contribution in [3.8, 4) is 0 Å². The van der Waals surface area contributed by atoms with Gasteiger partial charge in [-0.15, -0.1) is 0 Å². The van der Waals surface area contributed by atoms with Crippen molar-refractivity contribution >= 4 is 0 Å². The Labute approximate surface area is 98.0 Å². The first-order valence-corrected chi connectivity index (χ1v) is 6.43. The van der Waals surface area contributed by atoms with Gasteiger partial charge in [-0.3, -0.25) is 4.68 Å². The summed E-state index contributed by atoms with van der Waals surface area (Å²) in [6, 6.07) is 0.545. The molecule has 2 rings (SSSR count). The van der Waals surface area contributed by atoms with Crippen LogP contribution in [-0.2, 0) is 6.42 Å². The van der Waals surface area contributed by atoms with Gasteiger partial charge in [-0.05, 0) is 51.1 Å². The van der Waals surface area contributed by atoms with E-state index in [1.54, 1.807) is 0 Å². The van der Waals surface area contributed by atoms with Crippen molar-refractivity contribution in [2.45, 2.75) is 52.5 Å². The highest BCUT2D eigenvalue weighted by Crippen LogP contribution is 2.36. The van der Waals surface area contributed by atoms with Crippen molar-refractivity contribution in [3.05, 3.63) is 17.0 Å². The maximum Gasteiger partial charge on any atom is 0.0628 e. The van der Waals surface area contributed by atoms with E-state index < -0.39 is 0 Å². The molecule has 1 aromatic heterocycles. The summed E-state index contributed by atoms with van der Waals surface area (Å²) in [4.78, 5) is 0. The van der Waals surface area contributed by atoms with E-state index in [1.165, 1.54) is 36.2 Å². The lowest BCUT2D eigenvalue weighted by atomic mass is 10.0. The number of aromatic nitrogens is 2. The van der Waals surface area contributed by atoms with Crippen LogP contribution >= 0.6 is 0 Å². The molecule has 90 valence electrons. The van der Waals surface area contributed by atoms with E-state index in [0.29, 0.717) is 12.0 Å². The van der Waals surface area contributed by atoms with Crippen molar-refractivity contribution in [1.29, 1.82) is 0 Å². The predicted octanol–water partition coefficient (Wildman–Crippen LogP) is 2.36. The second-order valence-corrected chi connectivity index (χ2v) is 4.94. The van der Waals surface area contributed by atoms with E-state index in [2.05, 4.69) is 25.5 Å². The Morgan fingerprint density at radius 1 is 1.38 bits per heavy atom. The molecule has 0 bridgehead atoms. The average Bonchev–Trinajstić information content (AvgIpc) is 2.83. The fraction of sp³-hybridized carbons (Fsp3) is 0.769. The van der Waals surface area contributed by atoms with Crippen LogP contribution < -0.4 is 5.73 Å². The summed E-state index contributed by atoms with van der Waals surface area (Å²) < 4.78 is 2.25. The molecule has 1 fully saturated rings. The van der Waals surface area contributed by atoms with Gasteiger partial charge in [-0.25, -0.2) is 0 Å². The monoisotopic (exact) mass is 221 g/mol. The average molecular weight is 221 g/mol. The molecule has 0 aromatic carbocycles. The molecule has 16 heavy (non-hydrogen) atoms. The van der Waals surface area contributed by atoms with Gasteiger partial charge in [0.1, 0.15) is 0 Å². The standard InChI is InChI=1S/C13H23N3/c1-4-12-9(2)15-16(10(12)3)13-7-5-6-11(13)8-14/h11,13H,4-8,14H2,1-3H3. The highest BCUT2D eigenvalue weighted by Gasteiger charge is 2.29. The van der Waals surface area contributed by atoms with Crippen LogP contribution in [0.4, 0.5) is 0 Å². The number of nitrogens with two attached hydrogens (primary N) is 1. The number of nitrogens with zero attached hydrogens (tertiary/aromatic N) is 2. The molecular weight excluding hydrogens is 198 g/mol. The van der Waals surface area contributed by atoms with E-state index in [-0.39, 0.29) is 0 Å². The highest BCUT2D eigenvalue weighted by molar-refractivity contribution is 5.25. The molecule has 0 aliphatic heterocycles. The Kier molecular flexibility index (Phi) is 3.33. The fourth-order valence-electron chi connectivity index (χ4n) is 3.15. The molecule has 1 heterocycles. The third-order valence-electron chi connectivity index (χ3n) is 4.06. The SMILES string of the molecule is CCc1c(C)nn(C2CCCC2CN)c1C. The normalized spacial score (nSPS) is 25.2. The van der Waals surface area contributed by atoms with Gasteiger partial charge in [-0.1, -0.05) is 13.3 Å². The minimum atomic E-state index is 0.545. The topological polar surface area (TPSA) is 43.8 Å². The van der Waals surface area contributed by atoms with Crippen molar-refractivity contribution in [2.24, 2.45) is 11.7 Å². The van der Waals surface area contributed by atoms with E-state index in [1.807, 2.05) is 0 Å². The van der Waals surface area contributed by atoms with Crippen LogP contribution in [-0.4, -0.2) is 16.3 Å². The molecule has 0 amide bonds. The zero-order chi connectivity index (χ0) is 11.7. The van der Waals surface area contributed by atoms with Gasteiger partial charge in [0.25, 0.3) is 0 Å². The molecule has 0 saturated heterocycles. The Balaban J connectivity index is 2.33. The van der Waals surface area contributed by atoms with Crippen molar-refractivity contribution in [1.82, 2.24) is 9.78 Å². The molecule has 1 aliphatic rings. The van der Waals surface area contributed by atoms with Crippen LogP contribution in [0.1, 0.15) is 49.2 Å². The zero-order valence-corrected chi connectivity index (χ0v) is 10.7. The van der Waals surface area contributed by atoms with Gasteiger partial charge in [0.2, 0.25) is 0 Å². The van der Waals surface area contributed by atoms with Crippen LogP contribution in [0.2, 0.25) is 0 Å². The summed E-state index contributed by atoms with van der Waals surface area (Å²) in [5, 5.41) is 4.72. The van der Waals surface area contributed by atoms with Crippen LogP contribution in [0.25, 0.3) is 0 Å². The van der Waals surface area contributed by atoms with E-state index in [9.17, 15) is 0 Å². The van der Waals surface area contributed by atoms with E-state index >= 15 is 0 Å². The molecule has 2 N–H and O–H groups in total. The molecule has 2 atom stereocenters. The quantitative estimate of drug-likeness (QED) is 0.851. The Morgan fingerprint density at radius 3 is 2.69 bits per heavy atom. The predicted molar refractivity (Wildman–Crippen MR) is 66.5 cm³/mol. The molecule has 3 nitrogen and oxygen atoms in total. The van der Waals surface area contributed by atoms with Crippen LogP contribution in [0.3, 0.4) is 0 Å². The second kappa shape index (κ2) is 4.58. The minimum Gasteiger partial charge on any atom is -0.330 e. The molecule has 1 saturated carbocycles. The number of hydrogen-bond donors (Lipinski definition) is 1. The van der Waals surface area contributed by atoms with Gasteiger partial charge in [0.15, 0.2) is 0 Å². The van der Waals surface area contributed by atoms with E-state index in [0.717, 1.165) is 13.0 Å². The lowest BCUT2D eigenvalue weighted by molar-refractivity contribution is 0.351. The third kappa shape index (κ3) is 1.77. The van der Waals surface area contributed by atoms with E-state index in [4.69, 9.17) is 10.8 Å². The third-order valence-corrected chi connectivity index (χ3v) is 4.06. The first kappa shape index (κ1) is 11.6. The van der Waals surface area contributed by atoms with Crippen molar-refractivity contribution in [3.63, 3.8) is 0 Å². The summed E-state index contributed by atoms with van der Waals surface area (Å²) in [5.41, 5.74) is 9.82. The van der Waals surface area contributed by atoms with Gasteiger partial charge in [-0.2, -0.15) is 5.10 Å². The lowest BCUT2D eigenvalue weighted by Crippen LogP contribution is -2.23. The number of hydrogen-bond acceptors (Lipinski definition) is 2. The second-order valence-electron chi connectivity index (χ2n) is 4.94. The minimum absolute atomic E-state index is 0.545. The Hall–Kier alpha value is -0.830. The largest absolute Gasteiger partial charge is 0.330 e. The van der Waals surface area contributed by atoms with Gasteiger partial charge >= 0.3 is 0 Å². The van der Waals surface area contributed by atoms with Crippen LogP contribution in [0, 0.1) is 19.8 Å². The molecule has 0 radical (unpaired) electrons. The molecule has 3 heteroatoms. The Bertz CT molecular complexity index is 367. The molecule has 1 aromatic rings. The molecule has 0 spiro atoms. The molecule has 1 aliphatic carbocycles. The smallest absolute Gasteiger partial charge is 0.0628 e. The van der Waals surface area contributed by atoms with Gasteiger partial charge < -0.3 is 5.73 Å².